The molecule has 12 heteroatoms. The quantitative estimate of drug-likeness (QED) is 0.213. The predicted octanol–water partition coefficient (Wildman–Crippen LogP) is -1.07. The van der Waals surface area contributed by atoms with Crippen LogP contribution in [-0.2, 0) is 13.9 Å². The molecule has 0 bridgehead atoms. The lowest BCUT2D eigenvalue weighted by atomic mass is 10.1. The summed E-state index contributed by atoms with van der Waals surface area (Å²) in [5, 5.41) is 5.55. The minimum Gasteiger partial charge on any atom is -0.480 e. The van der Waals surface area contributed by atoms with Gasteiger partial charge >= 0.3 is 21.2 Å². The normalized spacial score (nSPS) is 15.3. The largest absolute Gasteiger partial charge is 0.480 e. The summed E-state index contributed by atoms with van der Waals surface area (Å²) in [6.45, 7) is 0. The number of carboxylic acids is 1. The number of unbranched alkanes of at least 4 members (excludes halogenated alkanes) is 1. The van der Waals surface area contributed by atoms with Gasteiger partial charge in [-0.3, -0.25) is 13.9 Å². The minimum absolute atomic E-state index is 0.00767. The molecule has 0 amide bonds. The smallest absolute Gasteiger partial charge is 0.357 e. The molecule has 0 saturated carbocycles. The molecule has 0 saturated heterocycles. The van der Waals surface area contributed by atoms with E-state index >= 15 is 0 Å². The van der Waals surface area contributed by atoms with E-state index < -0.39 is 38.6 Å². The number of hydrogen-bond donors (Lipinski definition) is 7. The van der Waals surface area contributed by atoms with Crippen LogP contribution in [-0.4, -0.2) is 41.7 Å². The van der Waals surface area contributed by atoms with Crippen LogP contribution < -0.4 is 11.5 Å². The fourth-order valence-corrected chi connectivity index (χ4v) is 3.59. The summed E-state index contributed by atoms with van der Waals surface area (Å²) in [6, 6.07) is -1.14. The van der Waals surface area contributed by atoms with Gasteiger partial charge in [0.25, 0.3) is 0 Å². The van der Waals surface area contributed by atoms with E-state index in [2.05, 4.69) is 0 Å². The molecule has 9 N–H and O–H groups in total. The molecule has 0 aliphatic rings. The van der Waals surface area contributed by atoms with Crippen LogP contribution in [0.2, 0.25) is 0 Å². The van der Waals surface area contributed by atoms with Crippen molar-refractivity contribution < 1.29 is 38.6 Å². The molecule has 114 valence electrons. The molecule has 1 unspecified atom stereocenters. The van der Waals surface area contributed by atoms with E-state index in [1.165, 1.54) is 0 Å². The van der Waals surface area contributed by atoms with E-state index in [4.69, 9.17) is 36.1 Å². The summed E-state index contributed by atoms with van der Waals surface area (Å²) in [7, 11) is -10.5. The molecule has 0 aromatic carbocycles. The van der Waals surface area contributed by atoms with Gasteiger partial charge in [-0.15, -0.1) is 0 Å². The molecular weight excluding hydrogens is 302 g/mol. The van der Waals surface area contributed by atoms with Crippen molar-refractivity contribution in [3.63, 3.8) is 0 Å². The maximum Gasteiger partial charge on any atom is 0.357 e. The fraction of sp³-hybridized carbons (Fsp3) is 0.857. The molecule has 19 heavy (non-hydrogen) atoms. The van der Waals surface area contributed by atoms with Crippen LogP contribution in [0.15, 0.2) is 0 Å². The third-order valence-corrected chi connectivity index (χ3v) is 6.66. The van der Waals surface area contributed by atoms with Gasteiger partial charge in [0.05, 0.1) is 0 Å². The Labute approximate surface area is 109 Å². The lowest BCUT2D eigenvalue weighted by molar-refractivity contribution is -0.138. The summed E-state index contributed by atoms with van der Waals surface area (Å²) in [5.74, 6) is -1.23. The zero-order chi connectivity index (χ0) is 15.5. The van der Waals surface area contributed by atoms with Gasteiger partial charge in [-0.1, -0.05) is 12.8 Å². The van der Waals surface area contributed by atoms with Crippen molar-refractivity contribution in [1.29, 1.82) is 0 Å². The van der Waals surface area contributed by atoms with Crippen molar-refractivity contribution >= 4 is 21.2 Å². The first-order valence-electron chi connectivity index (χ1n) is 5.21. The van der Waals surface area contributed by atoms with Crippen molar-refractivity contribution in [2.75, 3.05) is 0 Å². The highest BCUT2D eigenvalue weighted by atomic mass is 31.2. The molecule has 0 fully saturated rings. The second-order valence-corrected chi connectivity index (χ2v) is 8.28. The summed E-state index contributed by atoms with van der Waals surface area (Å²) in [5.41, 5.74) is 10.4. The Hall–Kier alpha value is -0.310. The second-order valence-electron chi connectivity index (χ2n) is 4.16. The van der Waals surface area contributed by atoms with Gasteiger partial charge in [-0.2, -0.15) is 0 Å². The topological polar surface area (TPSA) is 204 Å². The summed E-state index contributed by atoms with van der Waals surface area (Å²) >= 11 is 0. The van der Waals surface area contributed by atoms with Crippen LogP contribution in [0.25, 0.3) is 0 Å². The maximum absolute atomic E-state index is 11.1. The number of rotatable bonds is 8. The maximum atomic E-state index is 11.1. The first kappa shape index (κ1) is 18.7. The third-order valence-electron chi connectivity index (χ3n) is 2.64. The fourth-order valence-electron chi connectivity index (χ4n) is 1.33. The first-order valence-corrected chi connectivity index (χ1v) is 8.44. The van der Waals surface area contributed by atoms with E-state index in [1.54, 1.807) is 0 Å². The van der Waals surface area contributed by atoms with Crippen LogP contribution >= 0.6 is 15.2 Å². The van der Waals surface area contributed by atoms with E-state index in [-0.39, 0.29) is 19.3 Å². The second kappa shape index (κ2) is 6.43. The molecule has 0 heterocycles. The van der Waals surface area contributed by atoms with Gasteiger partial charge in [0.2, 0.25) is 5.02 Å². The zero-order valence-corrected chi connectivity index (χ0v) is 11.7. The highest BCUT2D eigenvalue weighted by molar-refractivity contribution is 7.72. The monoisotopic (exact) mass is 320 g/mol. The van der Waals surface area contributed by atoms with Crippen LogP contribution in [0, 0.1) is 0 Å². The number of hydrogen-bond acceptors (Lipinski definition) is 5. The molecule has 0 aliphatic heterocycles. The molecule has 0 spiro atoms. The lowest BCUT2D eigenvalue weighted by Gasteiger charge is -2.30. The molecular formula is C7H18N2O8P2. The first-order chi connectivity index (χ1) is 8.33. The summed E-state index contributed by atoms with van der Waals surface area (Å²) < 4.78 is 22.2. The van der Waals surface area contributed by atoms with Crippen molar-refractivity contribution in [2.24, 2.45) is 11.5 Å². The Morgan fingerprint density at radius 2 is 1.53 bits per heavy atom. The van der Waals surface area contributed by atoms with E-state index in [1.807, 2.05) is 0 Å². The molecule has 1 atom stereocenters. The van der Waals surface area contributed by atoms with Crippen LogP contribution in [0.4, 0.5) is 0 Å². The molecule has 0 radical (unpaired) electrons. The number of aliphatic carboxylic acids is 1. The van der Waals surface area contributed by atoms with Crippen molar-refractivity contribution in [1.82, 2.24) is 0 Å². The van der Waals surface area contributed by atoms with Gasteiger partial charge in [-0.25, -0.2) is 0 Å². The van der Waals surface area contributed by atoms with E-state index in [0.717, 1.165) is 0 Å². The van der Waals surface area contributed by atoms with Crippen molar-refractivity contribution in [3.8, 4) is 0 Å². The molecule has 0 aromatic rings. The third kappa shape index (κ3) is 4.94. The number of nitrogens with two attached hydrogens (primary N) is 2. The van der Waals surface area contributed by atoms with Crippen LogP contribution in [0.1, 0.15) is 25.7 Å². The molecule has 0 rings (SSSR count). The van der Waals surface area contributed by atoms with Gasteiger partial charge in [0.15, 0.2) is 0 Å². The molecule has 10 nitrogen and oxygen atoms in total. The SMILES string of the molecule is NC(CCCCC(N)(P(=O)(O)O)P(=O)(O)O)C(=O)O. The van der Waals surface area contributed by atoms with Gasteiger partial charge < -0.3 is 36.1 Å². The van der Waals surface area contributed by atoms with Gasteiger partial charge in [0, 0.05) is 0 Å². The average Bonchev–Trinajstić information content (AvgIpc) is 2.20. The average molecular weight is 320 g/mol. The van der Waals surface area contributed by atoms with Crippen molar-refractivity contribution in [2.45, 2.75) is 36.7 Å². The standard InChI is InChI=1S/C7H18N2O8P2/c8-5(6(10)11)3-1-2-4-7(9,18(12,13)14)19(15,16)17/h5H,1-4,8-9H2,(H,10,11)(H2,12,13,14)(H2,15,16,17). The highest BCUT2D eigenvalue weighted by Gasteiger charge is 2.56. The Morgan fingerprint density at radius 3 is 1.84 bits per heavy atom. The predicted molar refractivity (Wildman–Crippen MR) is 65.1 cm³/mol. The summed E-state index contributed by atoms with van der Waals surface area (Å²) in [6.07, 6.45) is -0.595. The minimum atomic E-state index is -5.23. The zero-order valence-electron chi connectivity index (χ0n) is 9.92. The van der Waals surface area contributed by atoms with Gasteiger partial charge in [0.1, 0.15) is 6.04 Å². The van der Waals surface area contributed by atoms with Crippen LogP contribution in [0.3, 0.4) is 0 Å². The van der Waals surface area contributed by atoms with Crippen molar-refractivity contribution in [3.05, 3.63) is 0 Å². The lowest BCUT2D eigenvalue weighted by Crippen LogP contribution is -2.39. The van der Waals surface area contributed by atoms with Gasteiger partial charge in [-0.05, 0) is 12.8 Å². The van der Waals surface area contributed by atoms with Crippen LogP contribution in [0.5, 0.6) is 0 Å². The number of carbonyl (C=O) groups is 1. The summed E-state index contributed by atoms with van der Waals surface area (Å²) in [4.78, 5) is 46.2. The Morgan fingerprint density at radius 1 is 1.11 bits per heavy atom. The molecule has 0 aromatic heterocycles. The van der Waals surface area contributed by atoms with E-state index in [0.29, 0.717) is 0 Å². The highest BCUT2D eigenvalue weighted by Crippen LogP contribution is 2.67. The molecule has 0 aliphatic carbocycles. The van der Waals surface area contributed by atoms with E-state index in [9.17, 15) is 13.9 Å². The Balaban J connectivity index is 4.62. The Kier molecular flexibility index (Phi) is 6.32. The Bertz CT molecular complexity index is 393. The number of carboxylic acid groups (broad SMARTS) is 1.